The summed E-state index contributed by atoms with van der Waals surface area (Å²) in [6.45, 7) is 3.48. The van der Waals surface area contributed by atoms with Crippen LogP contribution in [0.2, 0.25) is 0 Å². The number of halogens is 1. The second-order valence-corrected chi connectivity index (χ2v) is 7.53. The third kappa shape index (κ3) is 4.02. The first kappa shape index (κ1) is 15.0. The van der Waals surface area contributed by atoms with E-state index in [1.807, 2.05) is 19.1 Å². The number of hydrogen-bond acceptors (Lipinski definition) is 3. The highest BCUT2D eigenvalue weighted by molar-refractivity contribution is 9.10. The quantitative estimate of drug-likeness (QED) is 0.881. The number of nitrogens with one attached hydrogen (secondary N) is 2. The van der Waals surface area contributed by atoms with Gasteiger partial charge in [-0.15, -0.1) is 0 Å². The van der Waals surface area contributed by atoms with Crippen molar-refractivity contribution in [3.63, 3.8) is 0 Å². The molecular formula is C13H19BrN2O2S. The lowest BCUT2D eigenvalue weighted by molar-refractivity contribution is 0.521. The Morgan fingerprint density at radius 2 is 2.16 bits per heavy atom. The molecule has 1 heterocycles. The van der Waals surface area contributed by atoms with E-state index in [2.05, 4.69) is 26.0 Å². The highest BCUT2D eigenvalue weighted by Crippen LogP contribution is 2.21. The minimum atomic E-state index is -3.45. The van der Waals surface area contributed by atoms with Crippen LogP contribution in [0.4, 0.5) is 0 Å². The zero-order valence-corrected chi connectivity index (χ0v) is 13.4. The van der Waals surface area contributed by atoms with Crippen LogP contribution in [0.25, 0.3) is 0 Å². The summed E-state index contributed by atoms with van der Waals surface area (Å²) in [6.07, 6.45) is 3.05. The van der Waals surface area contributed by atoms with Gasteiger partial charge in [0.15, 0.2) is 0 Å². The predicted molar refractivity (Wildman–Crippen MR) is 79.7 cm³/mol. The number of hydrogen-bond donors (Lipinski definition) is 2. The topological polar surface area (TPSA) is 58.2 Å². The van der Waals surface area contributed by atoms with Gasteiger partial charge in [0.2, 0.25) is 10.0 Å². The van der Waals surface area contributed by atoms with Gasteiger partial charge in [-0.1, -0.05) is 28.4 Å². The highest BCUT2D eigenvalue weighted by Gasteiger charge is 2.22. The standard InChI is InChI=1S/C13H19BrN2O2S/c1-10-5-6-11(14)8-13(10)19(17,18)16-12-4-2-3-7-15-9-12/h5-6,8,12,15-16H,2-4,7,9H2,1H3. The molecule has 0 saturated carbocycles. The van der Waals surface area contributed by atoms with Gasteiger partial charge in [0.1, 0.15) is 0 Å². The van der Waals surface area contributed by atoms with Crippen LogP contribution in [0, 0.1) is 6.92 Å². The molecule has 1 aliphatic rings. The van der Waals surface area contributed by atoms with Crippen LogP contribution in [0.15, 0.2) is 27.6 Å². The normalized spacial score (nSPS) is 21.1. The van der Waals surface area contributed by atoms with Crippen molar-refractivity contribution in [3.05, 3.63) is 28.2 Å². The first-order valence-electron chi connectivity index (χ1n) is 6.48. The van der Waals surface area contributed by atoms with E-state index >= 15 is 0 Å². The fourth-order valence-electron chi connectivity index (χ4n) is 2.27. The average Bonchev–Trinajstić information content (AvgIpc) is 2.60. The van der Waals surface area contributed by atoms with E-state index in [1.54, 1.807) is 6.07 Å². The van der Waals surface area contributed by atoms with Crippen LogP contribution in [0.3, 0.4) is 0 Å². The van der Waals surface area contributed by atoms with E-state index in [9.17, 15) is 8.42 Å². The van der Waals surface area contributed by atoms with E-state index in [0.29, 0.717) is 11.4 Å². The predicted octanol–water partition coefficient (Wildman–Crippen LogP) is 2.18. The molecule has 0 amide bonds. The smallest absolute Gasteiger partial charge is 0.241 e. The Balaban J connectivity index is 2.19. The van der Waals surface area contributed by atoms with Crippen molar-refractivity contribution in [1.82, 2.24) is 10.0 Å². The second kappa shape index (κ2) is 6.35. The van der Waals surface area contributed by atoms with Crippen LogP contribution in [0.1, 0.15) is 24.8 Å². The lowest BCUT2D eigenvalue weighted by Gasteiger charge is -2.17. The molecule has 0 aromatic heterocycles. The second-order valence-electron chi connectivity index (χ2n) is 4.93. The summed E-state index contributed by atoms with van der Waals surface area (Å²) in [5.41, 5.74) is 0.761. The van der Waals surface area contributed by atoms with Crippen molar-refractivity contribution in [2.75, 3.05) is 13.1 Å². The molecule has 1 saturated heterocycles. The van der Waals surface area contributed by atoms with Gasteiger partial charge >= 0.3 is 0 Å². The van der Waals surface area contributed by atoms with Crippen LogP contribution in [-0.4, -0.2) is 27.5 Å². The Labute approximate surface area is 123 Å². The first-order valence-corrected chi connectivity index (χ1v) is 8.76. The minimum absolute atomic E-state index is 0.0223. The van der Waals surface area contributed by atoms with E-state index in [4.69, 9.17) is 0 Å². The van der Waals surface area contributed by atoms with Crippen molar-refractivity contribution in [2.45, 2.75) is 37.1 Å². The maximum atomic E-state index is 12.4. The molecule has 1 fully saturated rings. The van der Waals surface area contributed by atoms with Crippen molar-refractivity contribution in [2.24, 2.45) is 0 Å². The lowest BCUT2D eigenvalue weighted by atomic mass is 10.2. The Morgan fingerprint density at radius 1 is 1.37 bits per heavy atom. The molecule has 0 radical (unpaired) electrons. The zero-order valence-electron chi connectivity index (χ0n) is 10.9. The molecule has 0 aliphatic carbocycles. The van der Waals surface area contributed by atoms with Crippen molar-refractivity contribution in [1.29, 1.82) is 0 Å². The zero-order chi connectivity index (χ0) is 13.9. The van der Waals surface area contributed by atoms with Crippen LogP contribution >= 0.6 is 15.9 Å². The van der Waals surface area contributed by atoms with Crippen LogP contribution in [-0.2, 0) is 10.0 Å². The van der Waals surface area contributed by atoms with Gasteiger partial charge in [-0.25, -0.2) is 13.1 Å². The summed E-state index contributed by atoms with van der Waals surface area (Å²) in [7, 11) is -3.45. The SMILES string of the molecule is Cc1ccc(Br)cc1S(=O)(=O)NC1CCCCNC1. The van der Waals surface area contributed by atoms with E-state index in [-0.39, 0.29) is 6.04 Å². The maximum absolute atomic E-state index is 12.4. The molecule has 4 nitrogen and oxygen atoms in total. The van der Waals surface area contributed by atoms with Crippen LogP contribution < -0.4 is 10.0 Å². The third-order valence-electron chi connectivity index (χ3n) is 3.31. The molecule has 2 rings (SSSR count). The minimum Gasteiger partial charge on any atom is -0.315 e. The molecule has 6 heteroatoms. The summed E-state index contributed by atoms with van der Waals surface area (Å²) >= 11 is 3.32. The molecule has 19 heavy (non-hydrogen) atoms. The maximum Gasteiger partial charge on any atom is 0.241 e. The van der Waals surface area contributed by atoms with Gasteiger partial charge in [-0.3, -0.25) is 0 Å². The summed E-state index contributed by atoms with van der Waals surface area (Å²) in [4.78, 5) is 0.353. The van der Waals surface area contributed by atoms with Gasteiger partial charge < -0.3 is 5.32 Å². The Hall–Kier alpha value is -0.430. The average molecular weight is 347 g/mol. The van der Waals surface area contributed by atoms with E-state index in [0.717, 1.165) is 35.8 Å². The summed E-state index contributed by atoms with van der Waals surface area (Å²) in [5.74, 6) is 0. The molecule has 106 valence electrons. The third-order valence-corrected chi connectivity index (χ3v) is 5.46. The molecule has 1 aromatic rings. The van der Waals surface area contributed by atoms with Crippen molar-refractivity contribution >= 4 is 26.0 Å². The summed E-state index contributed by atoms with van der Waals surface area (Å²) in [6, 6.07) is 5.29. The fourth-order valence-corrected chi connectivity index (χ4v) is 4.32. The molecule has 1 aliphatic heterocycles. The summed E-state index contributed by atoms with van der Waals surface area (Å²) in [5, 5.41) is 3.26. The molecular weight excluding hydrogens is 328 g/mol. The largest absolute Gasteiger partial charge is 0.315 e. The Bertz CT molecular complexity index is 538. The monoisotopic (exact) mass is 346 g/mol. The van der Waals surface area contributed by atoms with Crippen molar-refractivity contribution < 1.29 is 8.42 Å². The molecule has 0 bridgehead atoms. The summed E-state index contributed by atoms with van der Waals surface area (Å²) < 4.78 is 28.4. The van der Waals surface area contributed by atoms with Crippen LogP contribution in [0.5, 0.6) is 0 Å². The number of rotatable bonds is 3. The van der Waals surface area contributed by atoms with Gasteiger partial charge in [0, 0.05) is 17.1 Å². The van der Waals surface area contributed by atoms with E-state index < -0.39 is 10.0 Å². The van der Waals surface area contributed by atoms with Crippen molar-refractivity contribution in [3.8, 4) is 0 Å². The fraction of sp³-hybridized carbons (Fsp3) is 0.538. The van der Waals surface area contributed by atoms with Gasteiger partial charge in [0.05, 0.1) is 4.90 Å². The van der Waals surface area contributed by atoms with Gasteiger partial charge in [0.25, 0.3) is 0 Å². The molecule has 2 N–H and O–H groups in total. The van der Waals surface area contributed by atoms with E-state index in [1.165, 1.54) is 0 Å². The number of benzene rings is 1. The number of sulfonamides is 1. The first-order chi connectivity index (χ1) is 8.99. The highest BCUT2D eigenvalue weighted by atomic mass is 79.9. The lowest BCUT2D eigenvalue weighted by Crippen LogP contribution is -2.40. The number of aryl methyl sites for hydroxylation is 1. The van der Waals surface area contributed by atoms with Gasteiger partial charge in [-0.05, 0) is 44.0 Å². The van der Waals surface area contributed by atoms with Gasteiger partial charge in [-0.2, -0.15) is 0 Å². The molecule has 1 aromatic carbocycles. The Morgan fingerprint density at radius 3 is 2.95 bits per heavy atom. The molecule has 1 atom stereocenters. The molecule has 1 unspecified atom stereocenters. The molecule has 0 spiro atoms. The Kier molecular flexibility index (Phi) is 5.00.